The van der Waals surface area contributed by atoms with Crippen molar-refractivity contribution in [2.75, 3.05) is 38.1 Å². The summed E-state index contributed by atoms with van der Waals surface area (Å²) < 4.78 is 16.3. The van der Waals surface area contributed by atoms with Crippen molar-refractivity contribution in [3.63, 3.8) is 0 Å². The second-order valence-corrected chi connectivity index (χ2v) is 9.43. The van der Waals surface area contributed by atoms with Crippen molar-refractivity contribution in [2.24, 2.45) is 0 Å². The van der Waals surface area contributed by atoms with Crippen molar-refractivity contribution in [3.05, 3.63) is 94.4 Å². The summed E-state index contributed by atoms with van der Waals surface area (Å²) in [5.74, 6) is 0.508. The molecule has 4 rings (SSSR count). The Bertz CT molecular complexity index is 1480. The summed E-state index contributed by atoms with van der Waals surface area (Å²) in [5.41, 5.74) is 6.95. The topological polar surface area (TPSA) is 140 Å². The zero-order valence-electron chi connectivity index (χ0n) is 22.4. The Hall–Kier alpha value is -5.10. The second-order valence-electron chi connectivity index (χ2n) is 8.48. The van der Waals surface area contributed by atoms with Crippen LogP contribution in [-0.2, 0) is 0 Å². The minimum Gasteiger partial charge on any atom is -0.497 e. The summed E-state index contributed by atoms with van der Waals surface area (Å²) in [6.07, 6.45) is 3.52. The van der Waals surface area contributed by atoms with Crippen molar-refractivity contribution in [1.29, 1.82) is 0 Å². The van der Waals surface area contributed by atoms with Crippen LogP contribution in [0.3, 0.4) is 0 Å². The molecule has 0 aliphatic heterocycles. The maximum Gasteiger partial charge on any atom is 0.273 e. The lowest BCUT2D eigenvalue weighted by Crippen LogP contribution is -2.30. The molecule has 0 atom stereocenters. The number of nitrogens with zero attached hydrogens (tertiary/aromatic N) is 1. The van der Waals surface area contributed by atoms with Crippen molar-refractivity contribution < 1.29 is 28.6 Å². The molecule has 3 amide bonds. The first-order chi connectivity index (χ1) is 20.0. The molecule has 2 aromatic carbocycles. The molecule has 0 aliphatic rings. The first-order valence-electron chi connectivity index (χ1n) is 12.6. The van der Waals surface area contributed by atoms with Crippen LogP contribution < -0.4 is 35.7 Å². The van der Waals surface area contributed by atoms with E-state index in [4.69, 9.17) is 14.2 Å². The number of rotatable bonds is 13. The Labute approximate surface area is 240 Å². The van der Waals surface area contributed by atoms with E-state index in [-0.39, 0.29) is 24.0 Å². The normalized spacial score (nSPS) is 10.3. The highest BCUT2D eigenvalue weighted by molar-refractivity contribution is 7.12. The number of carbonyl (C=O) groups is 3. The molecule has 2 aromatic heterocycles. The number of thiophene rings is 1. The van der Waals surface area contributed by atoms with Gasteiger partial charge in [-0.15, -0.1) is 11.3 Å². The second kappa shape index (κ2) is 14.3. The van der Waals surface area contributed by atoms with Gasteiger partial charge in [0.1, 0.15) is 17.2 Å². The zero-order valence-corrected chi connectivity index (χ0v) is 23.2. The number of hydrogen-bond acceptors (Lipinski definition) is 9. The van der Waals surface area contributed by atoms with Crippen LogP contribution >= 0.6 is 11.3 Å². The molecular formula is C29H29N5O6S. The molecule has 0 aliphatic carbocycles. The van der Waals surface area contributed by atoms with E-state index in [0.717, 1.165) is 0 Å². The van der Waals surface area contributed by atoms with Crippen molar-refractivity contribution in [3.8, 4) is 17.2 Å². The van der Waals surface area contributed by atoms with Gasteiger partial charge < -0.3 is 24.8 Å². The number of ether oxygens (including phenoxy) is 3. The molecule has 0 saturated carbocycles. The number of methoxy groups -OCH3 is 2. The van der Waals surface area contributed by atoms with Gasteiger partial charge in [0.2, 0.25) is 0 Å². The van der Waals surface area contributed by atoms with Gasteiger partial charge >= 0.3 is 0 Å². The molecule has 0 unspecified atom stereocenters. The SMILES string of the molecule is COc1ccc(C(=O)Nc2cnccc2NNC(=O)c2ccc(OC)cc2OCCCNC(=O)c2cccs2)cc1. The molecule has 0 bridgehead atoms. The number of pyridine rings is 1. The largest absolute Gasteiger partial charge is 0.497 e. The molecule has 2 heterocycles. The third-order valence-corrected chi connectivity index (χ3v) is 6.64. The molecule has 212 valence electrons. The zero-order chi connectivity index (χ0) is 29.0. The van der Waals surface area contributed by atoms with Gasteiger partial charge in [-0.05, 0) is 60.3 Å². The van der Waals surface area contributed by atoms with Crippen LogP contribution in [0, 0.1) is 0 Å². The number of nitrogens with one attached hydrogen (secondary N) is 4. The molecule has 4 N–H and O–H groups in total. The fourth-order valence-corrected chi connectivity index (χ4v) is 4.26. The third-order valence-electron chi connectivity index (χ3n) is 5.77. The highest BCUT2D eigenvalue weighted by Gasteiger charge is 2.16. The molecule has 4 aromatic rings. The number of amides is 3. The van der Waals surface area contributed by atoms with Gasteiger partial charge in [-0.2, -0.15) is 0 Å². The molecular weight excluding hydrogens is 546 g/mol. The lowest BCUT2D eigenvalue weighted by Gasteiger charge is -2.16. The van der Waals surface area contributed by atoms with E-state index < -0.39 is 5.91 Å². The maximum absolute atomic E-state index is 13.1. The highest BCUT2D eigenvalue weighted by Crippen LogP contribution is 2.26. The smallest absolute Gasteiger partial charge is 0.273 e. The molecule has 41 heavy (non-hydrogen) atoms. The molecule has 11 nitrogen and oxygen atoms in total. The van der Waals surface area contributed by atoms with Crippen LogP contribution in [0.15, 0.2) is 78.4 Å². The summed E-state index contributed by atoms with van der Waals surface area (Å²) in [7, 11) is 3.07. The van der Waals surface area contributed by atoms with E-state index in [9.17, 15) is 14.4 Å². The fraction of sp³-hybridized carbons (Fsp3) is 0.172. The van der Waals surface area contributed by atoms with E-state index in [1.165, 1.54) is 30.8 Å². The van der Waals surface area contributed by atoms with Gasteiger partial charge in [-0.25, -0.2) is 0 Å². The third kappa shape index (κ3) is 7.96. The van der Waals surface area contributed by atoms with Crippen LogP contribution in [0.2, 0.25) is 0 Å². The highest BCUT2D eigenvalue weighted by atomic mass is 32.1. The van der Waals surface area contributed by atoms with E-state index in [2.05, 4.69) is 26.5 Å². The number of hydrazine groups is 1. The minimum absolute atomic E-state index is 0.136. The summed E-state index contributed by atoms with van der Waals surface area (Å²) in [4.78, 5) is 42.6. The Balaban J connectivity index is 1.35. The van der Waals surface area contributed by atoms with Gasteiger partial charge in [-0.1, -0.05) is 6.07 Å². The van der Waals surface area contributed by atoms with Gasteiger partial charge in [0, 0.05) is 24.4 Å². The van der Waals surface area contributed by atoms with E-state index in [0.29, 0.717) is 52.0 Å². The fourth-order valence-electron chi connectivity index (χ4n) is 3.62. The first kappa shape index (κ1) is 28.9. The van der Waals surface area contributed by atoms with Crippen molar-refractivity contribution in [2.45, 2.75) is 6.42 Å². The lowest BCUT2D eigenvalue weighted by molar-refractivity contribution is 0.0952. The number of carbonyl (C=O) groups excluding carboxylic acids is 3. The van der Waals surface area contributed by atoms with E-state index in [1.54, 1.807) is 61.7 Å². The van der Waals surface area contributed by atoms with Crippen LogP contribution in [0.1, 0.15) is 36.8 Å². The standard InChI is InChI=1S/C29H29N5O6S/c1-38-20-8-6-19(7-9-20)27(35)32-24-18-30-14-12-23(24)33-34-28(36)22-11-10-21(39-2)17-25(22)40-15-4-13-31-29(37)26-5-3-16-41-26/h3,5-12,14,16-18H,4,13,15H2,1-2H3,(H,30,33)(H,31,37)(H,32,35)(H,34,36). The van der Waals surface area contributed by atoms with E-state index >= 15 is 0 Å². The predicted molar refractivity (Wildman–Crippen MR) is 156 cm³/mol. The number of anilines is 2. The molecule has 0 spiro atoms. The number of benzene rings is 2. The van der Waals surface area contributed by atoms with Crippen molar-refractivity contribution in [1.82, 2.24) is 15.7 Å². The average molecular weight is 576 g/mol. The van der Waals surface area contributed by atoms with Crippen LogP contribution in [0.25, 0.3) is 0 Å². The Morgan fingerprint density at radius 2 is 1.66 bits per heavy atom. The Morgan fingerprint density at radius 3 is 2.39 bits per heavy atom. The lowest BCUT2D eigenvalue weighted by atomic mass is 10.2. The van der Waals surface area contributed by atoms with Crippen LogP contribution in [0.4, 0.5) is 11.4 Å². The molecule has 0 fully saturated rings. The van der Waals surface area contributed by atoms with Crippen molar-refractivity contribution >= 4 is 40.4 Å². The van der Waals surface area contributed by atoms with Crippen LogP contribution in [-0.4, -0.2) is 50.1 Å². The quantitative estimate of drug-likeness (QED) is 0.136. The minimum atomic E-state index is -0.474. The Kier molecular flexibility index (Phi) is 10.1. The Morgan fingerprint density at radius 1 is 0.878 bits per heavy atom. The summed E-state index contributed by atoms with van der Waals surface area (Å²) >= 11 is 1.37. The van der Waals surface area contributed by atoms with Gasteiger partial charge in [0.05, 0.1) is 48.8 Å². The monoisotopic (exact) mass is 575 g/mol. The number of hydrogen-bond donors (Lipinski definition) is 4. The summed E-state index contributed by atoms with van der Waals surface area (Å²) in [5, 5.41) is 7.47. The number of aromatic nitrogens is 1. The predicted octanol–water partition coefficient (Wildman–Crippen LogP) is 4.37. The molecule has 0 saturated heterocycles. The maximum atomic E-state index is 13.1. The molecule has 12 heteroatoms. The van der Waals surface area contributed by atoms with Gasteiger partial charge in [0.25, 0.3) is 17.7 Å². The van der Waals surface area contributed by atoms with E-state index in [1.807, 2.05) is 11.4 Å². The van der Waals surface area contributed by atoms with Gasteiger partial charge in [0.15, 0.2) is 0 Å². The summed E-state index contributed by atoms with van der Waals surface area (Å²) in [6.45, 7) is 0.675. The average Bonchev–Trinajstić information content (AvgIpc) is 3.55. The van der Waals surface area contributed by atoms with Gasteiger partial charge in [-0.3, -0.25) is 30.2 Å². The first-order valence-corrected chi connectivity index (χ1v) is 13.4. The van der Waals surface area contributed by atoms with Crippen LogP contribution in [0.5, 0.6) is 17.2 Å². The molecule has 0 radical (unpaired) electrons. The summed E-state index contributed by atoms with van der Waals surface area (Å²) in [6, 6.07) is 16.7.